The summed E-state index contributed by atoms with van der Waals surface area (Å²) >= 11 is 3.94. The normalized spacial score (nSPS) is 10.4. The molecular weight excluding hydrogens is 202 g/mol. The van der Waals surface area contributed by atoms with Crippen molar-refractivity contribution in [3.63, 3.8) is 0 Å². The Labute approximate surface area is 85.2 Å². The number of ether oxygens (including phenoxy) is 1. The van der Waals surface area contributed by atoms with E-state index in [1.807, 2.05) is 0 Å². The van der Waals surface area contributed by atoms with Gasteiger partial charge in [-0.05, 0) is 0 Å². The summed E-state index contributed by atoms with van der Waals surface area (Å²) < 4.78 is 5.02. The summed E-state index contributed by atoms with van der Waals surface area (Å²) in [6.07, 6.45) is 3.00. The average Bonchev–Trinajstić information content (AvgIpc) is 2.16. The molecule has 0 spiro atoms. The smallest absolute Gasteiger partial charge is 0.226 e. The third kappa shape index (κ3) is 1.33. The van der Waals surface area contributed by atoms with E-state index in [9.17, 15) is 5.11 Å². The van der Waals surface area contributed by atoms with Crippen LogP contribution in [0, 0.1) is 0 Å². The molecule has 14 heavy (non-hydrogen) atoms. The van der Waals surface area contributed by atoms with Crippen LogP contribution in [0.25, 0.3) is 10.9 Å². The number of hydrogen-bond acceptors (Lipinski definition) is 6. The van der Waals surface area contributed by atoms with Gasteiger partial charge in [0, 0.05) is 0 Å². The molecule has 0 fully saturated rings. The zero-order chi connectivity index (χ0) is 10.1. The second-order valence-corrected chi connectivity index (χ2v) is 2.98. The average molecular weight is 209 g/mol. The minimum absolute atomic E-state index is 0.153. The van der Waals surface area contributed by atoms with Gasteiger partial charge in [-0.2, -0.15) is 4.98 Å². The maximum Gasteiger partial charge on any atom is 0.226 e. The van der Waals surface area contributed by atoms with Crippen LogP contribution in [0.5, 0.6) is 11.6 Å². The monoisotopic (exact) mass is 209 g/mol. The van der Waals surface area contributed by atoms with E-state index >= 15 is 0 Å². The van der Waals surface area contributed by atoms with E-state index in [4.69, 9.17) is 4.74 Å². The van der Waals surface area contributed by atoms with Crippen LogP contribution in [0.15, 0.2) is 17.6 Å². The topological polar surface area (TPSA) is 68.1 Å². The summed E-state index contributed by atoms with van der Waals surface area (Å²) in [7, 11) is 1.49. The van der Waals surface area contributed by atoms with Crippen LogP contribution < -0.4 is 4.74 Å². The fourth-order valence-electron chi connectivity index (χ4n) is 1.18. The van der Waals surface area contributed by atoms with Crippen LogP contribution in [0.2, 0.25) is 0 Å². The lowest BCUT2D eigenvalue weighted by Crippen LogP contribution is -1.92. The van der Waals surface area contributed by atoms with E-state index in [1.165, 1.54) is 19.5 Å². The van der Waals surface area contributed by atoms with E-state index in [-0.39, 0.29) is 11.0 Å². The summed E-state index contributed by atoms with van der Waals surface area (Å²) in [6, 6.07) is 0. The molecule has 0 aromatic carbocycles. The van der Waals surface area contributed by atoms with Crippen molar-refractivity contribution in [2.24, 2.45) is 0 Å². The lowest BCUT2D eigenvalue weighted by Gasteiger charge is -2.04. The third-order valence-corrected chi connectivity index (χ3v) is 1.96. The van der Waals surface area contributed by atoms with Crippen molar-refractivity contribution in [3.8, 4) is 11.6 Å². The number of thiol groups is 1. The number of nitrogens with zero attached hydrogens (tertiary/aromatic N) is 3. The van der Waals surface area contributed by atoms with Gasteiger partial charge in [-0.1, -0.05) is 0 Å². The Balaban J connectivity index is 2.87. The number of pyridine rings is 1. The molecule has 0 aliphatic carbocycles. The SMILES string of the molecule is COc1cncc2nc(S)nc(O)c12. The molecule has 0 bridgehead atoms. The fourth-order valence-corrected chi connectivity index (χ4v) is 1.38. The van der Waals surface area contributed by atoms with Crippen molar-refractivity contribution >= 4 is 23.5 Å². The van der Waals surface area contributed by atoms with Crippen LogP contribution >= 0.6 is 12.6 Å². The van der Waals surface area contributed by atoms with Gasteiger partial charge < -0.3 is 9.84 Å². The first-order chi connectivity index (χ1) is 6.72. The molecule has 5 nitrogen and oxygen atoms in total. The predicted octanol–water partition coefficient (Wildman–Crippen LogP) is 1.03. The van der Waals surface area contributed by atoms with Crippen LogP contribution in [0.4, 0.5) is 0 Å². The number of aromatic nitrogens is 3. The summed E-state index contributed by atoms with van der Waals surface area (Å²) in [5, 5.41) is 10.2. The first kappa shape index (κ1) is 9.01. The van der Waals surface area contributed by atoms with Gasteiger partial charge in [-0.25, -0.2) is 4.98 Å². The molecule has 2 rings (SSSR count). The van der Waals surface area contributed by atoms with Gasteiger partial charge in [0.2, 0.25) is 5.88 Å². The highest BCUT2D eigenvalue weighted by Crippen LogP contribution is 2.29. The molecule has 2 aromatic rings. The van der Waals surface area contributed by atoms with Gasteiger partial charge in [0.25, 0.3) is 0 Å². The van der Waals surface area contributed by atoms with Gasteiger partial charge in [0.15, 0.2) is 10.9 Å². The Kier molecular flexibility index (Phi) is 2.12. The molecule has 2 heterocycles. The molecule has 0 aliphatic heterocycles. The van der Waals surface area contributed by atoms with Crippen LogP contribution in [0.3, 0.4) is 0 Å². The van der Waals surface area contributed by atoms with Gasteiger partial charge in [0.1, 0.15) is 10.9 Å². The van der Waals surface area contributed by atoms with Crippen molar-refractivity contribution in [1.29, 1.82) is 0 Å². The van der Waals surface area contributed by atoms with Crippen molar-refractivity contribution in [1.82, 2.24) is 15.0 Å². The zero-order valence-electron chi connectivity index (χ0n) is 7.30. The quantitative estimate of drug-likeness (QED) is 0.542. The van der Waals surface area contributed by atoms with Crippen molar-refractivity contribution < 1.29 is 9.84 Å². The molecule has 2 aromatic heterocycles. The largest absolute Gasteiger partial charge is 0.494 e. The first-order valence-corrected chi connectivity index (χ1v) is 4.24. The number of rotatable bonds is 1. The Morgan fingerprint density at radius 3 is 2.86 bits per heavy atom. The molecule has 0 unspecified atom stereocenters. The Morgan fingerprint density at radius 2 is 2.14 bits per heavy atom. The molecule has 1 N–H and O–H groups in total. The van der Waals surface area contributed by atoms with E-state index < -0.39 is 0 Å². The summed E-state index contributed by atoms with van der Waals surface area (Å²) in [6.45, 7) is 0. The number of aromatic hydroxyl groups is 1. The Hall–Kier alpha value is -1.56. The van der Waals surface area contributed by atoms with E-state index in [1.54, 1.807) is 0 Å². The molecule has 0 saturated carbocycles. The van der Waals surface area contributed by atoms with Gasteiger partial charge >= 0.3 is 0 Å². The van der Waals surface area contributed by atoms with E-state index in [2.05, 4.69) is 27.6 Å². The van der Waals surface area contributed by atoms with Crippen LogP contribution in [0.1, 0.15) is 0 Å². The number of methoxy groups -OCH3 is 1. The Bertz CT molecular complexity index is 489. The van der Waals surface area contributed by atoms with Gasteiger partial charge in [-0.3, -0.25) is 4.98 Å². The minimum atomic E-state index is -0.153. The molecule has 0 radical (unpaired) electrons. The van der Waals surface area contributed by atoms with Crippen LogP contribution in [-0.2, 0) is 0 Å². The number of hydrogen-bond donors (Lipinski definition) is 2. The molecule has 72 valence electrons. The summed E-state index contributed by atoms with van der Waals surface area (Å²) in [5.74, 6) is 0.285. The van der Waals surface area contributed by atoms with E-state index in [0.29, 0.717) is 16.7 Å². The summed E-state index contributed by atoms with van der Waals surface area (Å²) in [5.41, 5.74) is 0.502. The van der Waals surface area contributed by atoms with Gasteiger partial charge in [-0.15, -0.1) is 12.6 Å². The van der Waals surface area contributed by atoms with Crippen LogP contribution in [-0.4, -0.2) is 27.2 Å². The fraction of sp³-hybridized carbons (Fsp3) is 0.125. The highest BCUT2D eigenvalue weighted by Gasteiger charge is 2.10. The van der Waals surface area contributed by atoms with E-state index in [0.717, 1.165) is 0 Å². The minimum Gasteiger partial charge on any atom is -0.494 e. The molecule has 0 atom stereocenters. The van der Waals surface area contributed by atoms with Gasteiger partial charge in [0.05, 0.1) is 19.5 Å². The molecule has 6 heteroatoms. The first-order valence-electron chi connectivity index (χ1n) is 3.80. The zero-order valence-corrected chi connectivity index (χ0v) is 8.19. The molecule has 0 amide bonds. The molecule has 0 saturated heterocycles. The lowest BCUT2D eigenvalue weighted by molar-refractivity contribution is 0.411. The van der Waals surface area contributed by atoms with Crippen molar-refractivity contribution in [2.45, 2.75) is 5.16 Å². The second kappa shape index (κ2) is 3.30. The Morgan fingerprint density at radius 1 is 1.36 bits per heavy atom. The highest BCUT2D eigenvalue weighted by molar-refractivity contribution is 7.80. The third-order valence-electron chi connectivity index (χ3n) is 1.76. The second-order valence-electron chi connectivity index (χ2n) is 2.58. The molecular formula is C8H7N3O2S. The van der Waals surface area contributed by atoms with Crippen molar-refractivity contribution in [3.05, 3.63) is 12.4 Å². The maximum absolute atomic E-state index is 9.56. The maximum atomic E-state index is 9.56. The lowest BCUT2D eigenvalue weighted by atomic mass is 10.3. The molecule has 0 aliphatic rings. The standard InChI is InChI=1S/C8H7N3O2S/c1-13-5-3-9-2-4-6(5)7(12)11-8(14)10-4/h2-3H,1H3,(H2,10,11,12,14). The number of fused-ring (bicyclic) bond motifs is 1. The highest BCUT2D eigenvalue weighted by atomic mass is 32.1. The predicted molar refractivity (Wildman–Crippen MR) is 52.8 cm³/mol. The summed E-state index contributed by atoms with van der Waals surface area (Å²) in [4.78, 5) is 11.6. The van der Waals surface area contributed by atoms with Crippen molar-refractivity contribution in [2.75, 3.05) is 7.11 Å².